The van der Waals surface area contributed by atoms with Crippen molar-refractivity contribution in [3.05, 3.63) is 29.3 Å². The molecule has 8 heteroatoms. The fraction of sp³-hybridized carbons (Fsp3) is 0.562. The molecule has 0 heterocycles. The molecule has 0 aromatic heterocycles. The Labute approximate surface area is 157 Å². The minimum Gasteiger partial charge on any atom is -0.484 e. The van der Waals surface area contributed by atoms with Crippen molar-refractivity contribution in [2.45, 2.75) is 45.5 Å². The minimum atomic E-state index is -4.35. The van der Waals surface area contributed by atoms with Crippen molar-refractivity contribution in [3.63, 3.8) is 0 Å². The summed E-state index contributed by atoms with van der Waals surface area (Å²) >= 11 is 0. The molecule has 1 aromatic carbocycles. The summed E-state index contributed by atoms with van der Waals surface area (Å²) in [6.07, 6.45) is -2.11. The van der Waals surface area contributed by atoms with E-state index in [0.717, 1.165) is 24.9 Å². The third-order valence-corrected chi connectivity index (χ3v) is 3.28. The van der Waals surface area contributed by atoms with E-state index in [1.165, 1.54) is 0 Å². The molecule has 0 saturated heterocycles. The van der Waals surface area contributed by atoms with Crippen molar-refractivity contribution in [2.75, 3.05) is 13.2 Å². The summed E-state index contributed by atoms with van der Waals surface area (Å²) in [5.74, 6) is 0.908. The Hall–Kier alpha value is -1.19. The van der Waals surface area contributed by atoms with Gasteiger partial charge in [0.2, 0.25) is 0 Å². The average Bonchev–Trinajstić information content (AvgIpc) is 3.27. The van der Waals surface area contributed by atoms with Gasteiger partial charge in [0.15, 0.2) is 12.6 Å². The van der Waals surface area contributed by atoms with Crippen LogP contribution in [0.25, 0.3) is 0 Å². The average molecular weight is 457 g/mol. The van der Waals surface area contributed by atoms with E-state index in [2.05, 4.69) is 15.6 Å². The van der Waals surface area contributed by atoms with E-state index in [4.69, 9.17) is 4.74 Å². The van der Waals surface area contributed by atoms with Gasteiger partial charge in [0.1, 0.15) is 5.75 Å². The van der Waals surface area contributed by atoms with Gasteiger partial charge in [-0.3, -0.25) is 0 Å². The maximum absolute atomic E-state index is 12.4. The van der Waals surface area contributed by atoms with E-state index in [-0.39, 0.29) is 36.3 Å². The Morgan fingerprint density at radius 3 is 2.62 bits per heavy atom. The van der Waals surface area contributed by atoms with Gasteiger partial charge in [-0.05, 0) is 38.3 Å². The van der Waals surface area contributed by atoms with Crippen LogP contribution in [0, 0.1) is 6.92 Å². The number of aliphatic imine (C=N–C) groups is 1. The molecule has 0 unspecified atom stereocenters. The Balaban J connectivity index is 0.00000288. The van der Waals surface area contributed by atoms with Crippen LogP contribution in [0.1, 0.15) is 30.9 Å². The molecule has 1 aliphatic rings. The normalized spacial score (nSPS) is 14.8. The molecular weight excluding hydrogens is 434 g/mol. The molecule has 0 amide bonds. The molecule has 24 heavy (non-hydrogen) atoms. The van der Waals surface area contributed by atoms with Crippen LogP contribution in [0.15, 0.2) is 23.2 Å². The Morgan fingerprint density at radius 1 is 1.33 bits per heavy atom. The molecule has 4 nitrogen and oxygen atoms in total. The number of hydrogen-bond donors (Lipinski definition) is 2. The highest BCUT2D eigenvalue weighted by Crippen LogP contribution is 2.24. The zero-order chi connectivity index (χ0) is 16.9. The predicted molar refractivity (Wildman–Crippen MR) is 99.1 cm³/mol. The molecule has 0 aliphatic heterocycles. The van der Waals surface area contributed by atoms with Crippen molar-refractivity contribution in [2.24, 2.45) is 4.99 Å². The van der Waals surface area contributed by atoms with Crippen LogP contribution in [0.2, 0.25) is 0 Å². The summed E-state index contributed by atoms with van der Waals surface area (Å²) in [4.78, 5) is 4.43. The Kier molecular flexibility index (Phi) is 8.11. The van der Waals surface area contributed by atoms with Crippen molar-refractivity contribution < 1.29 is 17.9 Å². The van der Waals surface area contributed by atoms with Crippen molar-refractivity contribution >= 4 is 29.9 Å². The van der Waals surface area contributed by atoms with Gasteiger partial charge in [-0.1, -0.05) is 12.1 Å². The first-order valence-electron chi connectivity index (χ1n) is 7.71. The summed E-state index contributed by atoms with van der Waals surface area (Å²) in [7, 11) is 0. The summed E-state index contributed by atoms with van der Waals surface area (Å²) in [6.45, 7) is 3.47. The van der Waals surface area contributed by atoms with Crippen LogP contribution in [-0.4, -0.2) is 31.3 Å². The molecule has 0 bridgehead atoms. The van der Waals surface area contributed by atoms with Gasteiger partial charge in [-0.2, -0.15) is 13.2 Å². The number of nitrogens with zero attached hydrogens (tertiary/aromatic N) is 1. The summed E-state index contributed by atoms with van der Waals surface area (Å²) in [5.41, 5.74) is 1.48. The van der Waals surface area contributed by atoms with Crippen molar-refractivity contribution in [1.82, 2.24) is 10.6 Å². The molecule has 136 valence electrons. The molecule has 0 radical (unpaired) electrons. The topological polar surface area (TPSA) is 45.7 Å². The Morgan fingerprint density at radius 2 is 2.04 bits per heavy atom. The van der Waals surface area contributed by atoms with Gasteiger partial charge < -0.3 is 15.4 Å². The minimum absolute atomic E-state index is 0. The lowest BCUT2D eigenvalue weighted by atomic mass is 10.1. The number of alkyl halides is 3. The second kappa shape index (κ2) is 9.33. The van der Waals surface area contributed by atoms with Gasteiger partial charge in [0.25, 0.3) is 0 Å². The van der Waals surface area contributed by atoms with Gasteiger partial charge in [0.05, 0.1) is 6.54 Å². The van der Waals surface area contributed by atoms with Crippen LogP contribution in [-0.2, 0) is 6.54 Å². The summed E-state index contributed by atoms with van der Waals surface area (Å²) in [6, 6.07) is 5.65. The van der Waals surface area contributed by atoms with E-state index in [9.17, 15) is 13.2 Å². The van der Waals surface area contributed by atoms with E-state index in [0.29, 0.717) is 17.6 Å². The first kappa shape index (κ1) is 20.9. The number of guanidine groups is 1. The van der Waals surface area contributed by atoms with Crippen LogP contribution >= 0.6 is 24.0 Å². The van der Waals surface area contributed by atoms with E-state index < -0.39 is 12.8 Å². The Bertz CT molecular complexity index is 560. The second-order valence-corrected chi connectivity index (χ2v) is 5.63. The number of halogens is 4. The van der Waals surface area contributed by atoms with Gasteiger partial charge in [0, 0.05) is 18.2 Å². The number of hydrogen-bond acceptors (Lipinski definition) is 2. The standard InChI is InChI=1S/C16H22F3N3O.HI/c1-3-20-15(22-13-6-7-13)21-9-12-5-4-11(2)8-14(12)23-10-16(17,18)19;/h4-5,8,13H,3,6-7,9-10H2,1-2H3,(H2,20,21,22);1H. The fourth-order valence-electron chi connectivity index (χ4n) is 1.99. The monoisotopic (exact) mass is 457 g/mol. The largest absolute Gasteiger partial charge is 0.484 e. The zero-order valence-corrected chi connectivity index (χ0v) is 16.1. The lowest BCUT2D eigenvalue weighted by molar-refractivity contribution is -0.153. The highest BCUT2D eigenvalue weighted by Gasteiger charge is 2.28. The SMILES string of the molecule is CCNC(=NCc1ccc(C)cc1OCC(F)(F)F)NC1CC1.I. The smallest absolute Gasteiger partial charge is 0.422 e. The van der Waals surface area contributed by atoms with E-state index in [1.54, 1.807) is 12.1 Å². The van der Waals surface area contributed by atoms with Crippen LogP contribution in [0.3, 0.4) is 0 Å². The summed E-state index contributed by atoms with van der Waals surface area (Å²) in [5, 5.41) is 6.40. The van der Waals surface area contributed by atoms with Crippen LogP contribution < -0.4 is 15.4 Å². The quantitative estimate of drug-likeness (QED) is 0.389. The molecule has 1 saturated carbocycles. The molecule has 1 fully saturated rings. The number of aryl methyl sites for hydroxylation is 1. The number of ether oxygens (including phenoxy) is 1. The third kappa shape index (κ3) is 7.59. The van der Waals surface area contributed by atoms with E-state index in [1.807, 2.05) is 19.9 Å². The van der Waals surface area contributed by atoms with Gasteiger partial charge in [-0.25, -0.2) is 4.99 Å². The third-order valence-electron chi connectivity index (χ3n) is 3.28. The zero-order valence-electron chi connectivity index (χ0n) is 13.7. The lowest BCUT2D eigenvalue weighted by Crippen LogP contribution is -2.38. The number of benzene rings is 1. The van der Waals surface area contributed by atoms with Crippen molar-refractivity contribution in [3.8, 4) is 5.75 Å². The predicted octanol–water partition coefficient (Wildman–Crippen LogP) is 3.77. The molecule has 0 atom stereocenters. The molecular formula is C16H23F3IN3O. The number of nitrogens with one attached hydrogen (secondary N) is 2. The second-order valence-electron chi connectivity index (χ2n) is 5.63. The lowest BCUT2D eigenvalue weighted by Gasteiger charge is -2.14. The first-order chi connectivity index (χ1) is 10.9. The van der Waals surface area contributed by atoms with Gasteiger partial charge in [-0.15, -0.1) is 24.0 Å². The summed E-state index contributed by atoms with van der Waals surface area (Å²) < 4.78 is 42.0. The van der Waals surface area contributed by atoms with Crippen molar-refractivity contribution in [1.29, 1.82) is 0 Å². The maximum Gasteiger partial charge on any atom is 0.422 e. The van der Waals surface area contributed by atoms with Crippen LogP contribution in [0.5, 0.6) is 5.75 Å². The van der Waals surface area contributed by atoms with E-state index >= 15 is 0 Å². The molecule has 0 spiro atoms. The first-order valence-corrected chi connectivity index (χ1v) is 7.71. The van der Waals surface area contributed by atoms with Gasteiger partial charge >= 0.3 is 6.18 Å². The highest BCUT2D eigenvalue weighted by atomic mass is 127. The molecule has 2 N–H and O–H groups in total. The highest BCUT2D eigenvalue weighted by molar-refractivity contribution is 14.0. The molecule has 1 aromatic rings. The maximum atomic E-state index is 12.4. The molecule has 1 aliphatic carbocycles. The van der Waals surface area contributed by atoms with Crippen LogP contribution in [0.4, 0.5) is 13.2 Å². The number of rotatable bonds is 6. The molecule has 2 rings (SSSR count). The fourth-order valence-corrected chi connectivity index (χ4v) is 1.99.